The molecule has 0 radical (unpaired) electrons. The fraction of sp³-hybridized carbons (Fsp3) is 0.824. The molecule has 4 nitrogen and oxygen atoms in total. The minimum Gasteiger partial charge on any atom is -0.378 e. The van der Waals surface area contributed by atoms with Gasteiger partial charge in [0.05, 0.1) is 18.1 Å². The molecule has 0 saturated heterocycles. The van der Waals surface area contributed by atoms with Crippen molar-refractivity contribution >= 4 is 0 Å². The van der Waals surface area contributed by atoms with Gasteiger partial charge in [-0.2, -0.15) is 0 Å². The summed E-state index contributed by atoms with van der Waals surface area (Å²) in [5.74, 6) is 0. The van der Waals surface area contributed by atoms with Crippen molar-refractivity contribution in [3.63, 3.8) is 0 Å². The molecule has 118 valence electrons. The standard InChI is InChI=1S/C17H29N3O/c1-4-13(14-11-18-12-20(14)3)19-15-10-16(21-5-2)17(15)8-6-7-9-17/h11-13,15-16,19H,4-10H2,1-3H3/t13-,15-,16-/m1/s1. The highest BCUT2D eigenvalue weighted by molar-refractivity contribution is 5.13. The third kappa shape index (κ3) is 2.53. The number of hydrogen-bond donors (Lipinski definition) is 1. The Morgan fingerprint density at radius 2 is 2.19 bits per heavy atom. The van der Waals surface area contributed by atoms with E-state index in [1.165, 1.54) is 37.8 Å². The van der Waals surface area contributed by atoms with Crippen molar-refractivity contribution in [2.75, 3.05) is 6.61 Å². The van der Waals surface area contributed by atoms with Crippen LogP contribution in [-0.2, 0) is 11.8 Å². The smallest absolute Gasteiger partial charge is 0.0946 e. The summed E-state index contributed by atoms with van der Waals surface area (Å²) in [7, 11) is 2.09. The first-order chi connectivity index (χ1) is 10.2. The van der Waals surface area contributed by atoms with E-state index in [1.807, 2.05) is 12.5 Å². The molecule has 1 aromatic heterocycles. The van der Waals surface area contributed by atoms with Crippen molar-refractivity contribution in [1.29, 1.82) is 0 Å². The van der Waals surface area contributed by atoms with Gasteiger partial charge in [-0.1, -0.05) is 19.8 Å². The Morgan fingerprint density at radius 3 is 2.76 bits per heavy atom. The van der Waals surface area contributed by atoms with Crippen molar-refractivity contribution in [3.05, 3.63) is 18.2 Å². The highest BCUT2D eigenvalue weighted by atomic mass is 16.5. The minimum atomic E-state index is 0.405. The number of ether oxygens (including phenoxy) is 1. The zero-order valence-electron chi connectivity index (χ0n) is 13.6. The molecule has 2 aliphatic carbocycles. The average Bonchev–Trinajstić information content (AvgIpc) is 3.13. The summed E-state index contributed by atoms with van der Waals surface area (Å²) in [6, 6.07) is 1.01. The SMILES string of the molecule is CCO[C@@H]1C[C@@H](N[C@H](CC)c2cncn2C)C12CCCC2. The topological polar surface area (TPSA) is 39.1 Å². The largest absolute Gasteiger partial charge is 0.378 e. The van der Waals surface area contributed by atoms with Crippen LogP contribution in [0.1, 0.15) is 64.1 Å². The van der Waals surface area contributed by atoms with Crippen molar-refractivity contribution in [3.8, 4) is 0 Å². The molecular weight excluding hydrogens is 262 g/mol. The first kappa shape index (κ1) is 15.0. The van der Waals surface area contributed by atoms with Crippen LogP contribution in [0, 0.1) is 5.41 Å². The molecule has 2 aliphatic rings. The second-order valence-corrected chi connectivity index (χ2v) is 6.73. The number of imidazole rings is 1. The van der Waals surface area contributed by atoms with Gasteiger partial charge in [0.2, 0.25) is 0 Å². The summed E-state index contributed by atoms with van der Waals surface area (Å²) < 4.78 is 8.16. The lowest BCUT2D eigenvalue weighted by Gasteiger charge is -2.55. The van der Waals surface area contributed by atoms with E-state index in [2.05, 4.69) is 35.8 Å². The minimum absolute atomic E-state index is 0.405. The summed E-state index contributed by atoms with van der Waals surface area (Å²) in [4.78, 5) is 4.27. The molecule has 4 heteroatoms. The third-order valence-electron chi connectivity index (χ3n) is 5.71. The summed E-state index contributed by atoms with van der Waals surface area (Å²) in [6.07, 6.45) is 12.0. The molecule has 0 bridgehead atoms. The molecular formula is C17H29N3O. The average molecular weight is 291 g/mol. The van der Waals surface area contributed by atoms with Crippen LogP contribution in [0.4, 0.5) is 0 Å². The Kier molecular flexibility index (Phi) is 4.36. The molecule has 1 spiro atoms. The van der Waals surface area contributed by atoms with Crippen LogP contribution in [0.15, 0.2) is 12.5 Å². The van der Waals surface area contributed by atoms with E-state index in [9.17, 15) is 0 Å². The molecule has 1 aromatic rings. The van der Waals surface area contributed by atoms with Crippen LogP contribution < -0.4 is 5.32 Å². The fourth-order valence-electron chi connectivity index (χ4n) is 4.48. The lowest BCUT2D eigenvalue weighted by atomic mass is 9.60. The molecule has 0 amide bonds. The number of rotatable bonds is 6. The maximum Gasteiger partial charge on any atom is 0.0946 e. The van der Waals surface area contributed by atoms with Crippen LogP contribution in [0.3, 0.4) is 0 Å². The highest BCUT2D eigenvalue weighted by Crippen LogP contribution is 2.55. The van der Waals surface area contributed by atoms with Gasteiger partial charge in [-0.05, 0) is 32.6 Å². The van der Waals surface area contributed by atoms with Gasteiger partial charge in [0.1, 0.15) is 0 Å². The maximum atomic E-state index is 6.02. The number of aromatic nitrogens is 2. The maximum absolute atomic E-state index is 6.02. The van der Waals surface area contributed by atoms with E-state index in [0.717, 1.165) is 13.0 Å². The first-order valence-corrected chi connectivity index (χ1v) is 8.55. The Balaban J connectivity index is 1.71. The molecule has 21 heavy (non-hydrogen) atoms. The van der Waals surface area contributed by atoms with E-state index in [1.54, 1.807) is 0 Å². The molecule has 0 aliphatic heterocycles. The zero-order chi connectivity index (χ0) is 14.9. The Bertz CT molecular complexity index is 464. The van der Waals surface area contributed by atoms with E-state index in [0.29, 0.717) is 23.6 Å². The fourth-order valence-corrected chi connectivity index (χ4v) is 4.48. The number of nitrogens with one attached hydrogen (secondary N) is 1. The molecule has 3 rings (SSSR count). The third-order valence-corrected chi connectivity index (χ3v) is 5.71. The van der Waals surface area contributed by atoms with Crippen molar-refractivity contribution < 1.29 is 4.74 Å². The molecule has 1 N–H and O–H groups in total. The summed E-state index contributed by atoms with van der Waals surface area (Å²) in [6.45, 7) is 5.22. The molecule has 2 fully saturated rings. The molecule has 1 heterocycles. The van der Waals surface area contributed by atoms with Gasteiger partial charge < -0.3 is 14.6 Å². The molecule has 3 atom stereocenters. The van der Waals surface area contributed by atoms with E-state index in [-0.39, 0.29) is 0 Å². The van der Waals surface area contributed by atoms with E-state index in [4.69, 9.17) is 4.74 Å². The normalized spacial score (nSPS) is 28.7. The number of hydrogen-bond acceptors (Lipinski definition) is 3. The molecule has 2 saturated carbocycles. The van der Waals surface area contributed by atoms with E-state index >= 15 is 0 Å². The van der Waals surface area contributed by atoms with Crippen LogP contribution in [0.25, 0.3) is 0 Å². The van der Waals surface area contributed by atoms with Gasteiger partial charge in [-0.3, -0.25) is 0 Å². The summed E-state index contributed by atoms with van der Waals surface area (Å²) in [5.41, 5.74) is 1.70. The van der Waals surface area contributed by atoms with Gasteiger partial charge in [-0.25, -0.2) is 4.98 Å². The van der Waals surface area contributed by atoms with Crippen LogP contribution in [0.2, 0.25) is 0 Å². The predicted molar refractivity (Wildman–Crippen MR) is 84.1 cm³/mol. The summed E-state index contributed by atoms with van der Waals surface area (Å²) >= 11 is 0. The van der Waals surface area contributed by atoms with Crippen molar-refractivity contribution in [2.45, 2.75) is 70.6 Å². The molecule has 0 aromatic carbocycles. The van der Waals surface area contributed by atoms with Gasteiger partial charge in [0.25, 0.3) is 0 Å². The predicted octanol–water partition coefficient (Wildman–Crippen LogP) is 3.20. The van der Waals surface area contributed by atoms with Crippen LogP contribution >= 0.6 is 0 Å². The Morgan fingerprint density at radius 1 is 1.43 bits per heavy atom. The van der Waals surface area contributed by atoms with Gasteiger partial charge in [0.15, 0.2) is 0 Å². The molecule has 0 unspecified atom stereocenters. The monoisotopic (exact) mass is 291 g/mol. The highest BCUT2D eigenvalue weighted by Gasteiger charge is 2.56. The lowest BCUT2D eigenvalue weighted by molar-refractivity contribution is -0.133. The Hall–Kier alpha value is -0.870. The Labute approximate surface area is 128 Å². The zero-order valence-corrected chi connectivity index (χ0v) is 13.6. The second-order valence-electron chi connectivity index (χ2n) is 6.73. The summed E-state index contributed by atoms with van der Waals surface area (Å²) in [5, 5.41) is 3.93. The first-order valence-electron chi connectivity index (χ1n) is 8.55. The van der Waals surface area contributed by atoms with Crippen molar-refractivity contribution in [1.82, 2.24) is 14.9 Å². The van der Waals surface area contributed by atoms with Crippen molar-refractivity contribution in [2.24, 2.45) is 12.5 Å². The number of nitrogens with zero attached hydrogens (tertiary/aromatic N) is 2. The van der Waals surface area contributed by atoms with Crippen LogP contribution in [-0.4, -0.2) is 28.3 Å². The number of aryl methyl sites for hydroxylation is 1. The van der Waals surface area contributed by atoms with Crippen LogP contribution in [0.5, 0.6) is 0 Å². The lowest BCUT2D eigenvalue weighted by Crippen LogP contribution is -2.63. The second kappa shape index (κ2) is 6.09. The van der Waals surface area contributed by atoms with Gasteiger partial charge >= 0.3 is 0 Å². The van der Waals surface area contributed by atoms with Gasteiger partial charge in [0, 0.05) is 37.4 Å². The van der Waals surface area contributed by atoms with E-state index < -0.39 is 0 Å². The quantitative estimate of drug-likeness (QED) is 0.875. The van der Waals surface area contributed by atoms with Gasteiger partial charge in [-0.15, -0.1) is 0 Å².